The molecule has 0 bridgehead atoms. The van der Waals surface area contributed by atoms with Gasteiger partial charge in [-0.2, -0.15) is 0 Å². The van der Waals surface area contributed by atoms with E-state index in [2.05, 4.69) is 24.5 Å². The minimum Gasteiger partial charge on any atom is -0.339 e. The summed E-state index contributed by atoms with van der Waals surface area (Å²) in [7, 11) is 0. The summed E-state index contributed by atoms with van der Waals surface area (Å²) in [4.78, 5) is 25.6. The molecule has 0 spiro atoms. The first-order valence-electron chi connectivity index (χ1n) is 7.88. The number of benzene rings is 1. The zero-order valence-electron chi connectivity index (χ0n) is 13.6. The van der Waals surface area contributed by atoms with Crippen molar-refractivity contribution in [1.29, 1.82) is 0 Å². The van der Waals surface area contributed by atoms with Crippen molar-refractivity contribution in [2.24, 2.45) is 0 Å². The molecule has 5 heteroatoms. The molecule has 2 rings (SSSR count). The van der Waals surface area contributed by atoms with Crippen LogP contribution in [0.5, 0.6) is 0 Å². The van der Waals surface area contributed by atoms with Crippen molar-refractivity contribution < 1.29 is 9.59 Å². The lowest BCUT2D eigenvalue weighted by Crippen LogP contribution is -2.46. The number of hydrogen-bond donors (Lipinski definition) is 2. The normalized spacial score (nSPS) is 15.9. The average molecular weight is 303 g/mol. The van der Waals surface area contributed by atoms with Crippen LogP contribution in [-0.4, -0.2) is 41.9 Å². The van der Waals surface area contributed by atoms with Crippen LogP contribution in [0.3, 0.4) is 0 Å². The maximum Gasteiger partial charge on any atom is 0.253 e. The van der Waals surface area contributed by atoms with E-state index < -0.39 is 0 Å². The molecular formula is C17H25N3O2. The first kappa shape index (κ1) is 16.5. The van der Waals surface area contributed by atoms with Gasteiger partial charge in [0.25, 0.3) is 5.91 Å². The molecule has 1 heterocycles. The van der Waals surface area contributed by atoms with Crippen LogP contribution in [0.4, 0.5) is 5.69 Å². The van der Waals surface area contributed by atoms with Crippen LogP contribution in [-0.2, 0) is 4.79 Å². The van der Waals surface area contributed by atoms with Crippen molar-refractivity contribution >= 4 is 17.5 Å². The number of hydrogen-bond acceptors (Lipinski definition) is 3. The standard InChI is InChI=1S/C17H25N3O2/c1-12(2)18-15-7-9-20(10-8-15)17(22)14-5-4-6-16(11-14)19-13(3)21/h4-6,11-12,15,18H,7-10H2,1-3H3,(H,19,21). The first-order chi connectivity index (χ1) is 10.5. The zero-order valence-corrected chi connectivity index (χ0v) is 13.6. The Kier molecular flexibility index (Phi) is 5.55. The molecule has 0 saturated carbocycles. The number of carbonyl (C=O) groups is 2. The summed E-state index contributed by atoms with van der Waals surface area (Å²) in [5.41, 5.74) is 1.29. The summed E-state index contributed by atoms with van der Waals surface area (Å²) in [6.45, 7) is 7.29. The van der Waals surface area contributed by atoms with Crippen molar-refractivity contribution in [3.63, 3.8) is 0 Å². The lowest BCUT2D eigenvalue weighted by atomic mass is 10.0. The minimum atomic E-state index is -0.134. The highest BCUT2D eigenvalue weighted by atomic mass is 16.2. The molecule has 0 aliphatic carbocycles. The fraction of sp³-hybridized carbons (Fsp3) is 0.529. The lowest BCUT2D eigenvalue weighted by Gasteiger charge is -2.33. The molecule has 0 unspecified atom stereocenters. The molecular weight excluding hydrogens is 278 g/mol. The van der Waals surface area contributed by atoms with Gasteiger partial charge in [0.1, 0.15) is 0 Å². The van der Waals surface area contributed by atoms with Gasteiger partial charge in [-0.25, -0.2) is 0 Å². The second-order valence-electron chi connectivity index (χ2n) is 6.15. The quantitative estimate of drug-likeness (QED) is 0.897. The third kappa shape index (κ3) is 4.56. The molecule has 0 atom stereocenters. The Morgan fingerprint density at radius 2 is 1.91 bits per heavy atom. The van der Waals surface area contributed by atoms with E-state index in [0.29, 0.717) is 23.3 Å². The largest absolute Gasteiger partial charge is 0.339 e. The molecule has 2 amide bonds. The molecule has 2 N–H and O–H groups in total. The summed E-state index contributed by atoms with van der Waals surface area (Å²) in [6, 6.07) is 8.09. The molecule has 0 radical (unpaired) electrons. The third-order valence-corrected chi connectivity index (χ3v) is 3.78. The molecule has 1 saturated heterocycles. The van der Waals surface area contributed by atoms with Gasteiger partial charge < -0.3 is 15.5 Å². The SMILES string of the molecule is CC(=O)Nc1cccc(C(=O)N2CCC(NC(C)C)CC2)c1. The van der Waals surface area contributed by atoms with Gasteiger partial charge in [-0.3, -0.25) is 9.59 Å². The fourth-order valence-electron chi connectivity index (χ4n) is 2.84. The predicted octanol–water partition coefficient (Wildman–Crippen LogP) is 2.25. The molecule has 1 aromatic rings. The van der Waals surface area contributed by atoms with E-state index in [1.807, 2.05) is 4.90 Å². The number of carbonyl (C=O) groups excluding carboxylic acids is 2. The maximum atomic E-state index is 12.6. The van der Waals surface area contributed by atoms with Gasteiger partial charge in [0, 0.05) is 43.3 Å². The summed E-state index contributed by atoms with van der Waals surface area (Å²) >= 11 is 0. The van der Waals surface area contributed by atoms with Crippen molar-refractivity contribution in [3.05, 3.63) is 29.8 Å². The van der Waals surface area contributed by atoms with Gasteiger partial charge in [-0.05, 0) is 31.0 Å². The van der Waals surface area contributed by atoms with Crippen LogP contribution in [0.25, 0.3) is 0 Å². The van der Waals surface area contributed by atoms with Crippen molar-refractivity contribution in [2.45, 2.75) is 45.7 Å². The summed E-state index contributed by atoms with van der Waals surface area (Å²) in [6.07, 6.45) is 1.96. The highest BCUT2D eigenvalue weighted by molar-refractivity contribution is 5.96. The molecule has 1 fully saturated rings. The van der Waals surface area contributed by atoms with E-state index in [0.717, 1.165) is 25.9 Å². The molecule has 5 nitrogen and oxygen atoms in total. The van der Waals surface area contributed by atoms with E-state index >= 15 is 0 Å². The molecule has 120 valence electrons. The number of nitrogens with one attached hydrogen (secondary N) is 2. The fourth-order valence-corrected chi connectivity index (χ4v) is 2.84. The monoisotopic (exact) mass is 303 g/mol. The zero-order chi connectivity index (χ0) is 16.1. The van der Waals surface area contributed by atoms with Crippen LogP contribution in [0, 0.1) is 0 Å². The van der Waals surface area contributed by atoms with Crippen LogP contribution >= 0.6 is 0 Å². The van der Waals surface area contributed by atoms with Gasteiger partial charge in [0.15, 0.2) is 0 Å². The average Bonchev–Trinajstić information content (AvgIpc) is 2.46. The van der Waals surface area contributed by atoms with Crippen LogP contribution in [0.15, 0.2) is 24.3 Å². The van der Waals surface area contributed by atoms with E-state index in [1.165, 1.54) is 6.92 Å². The van der Waals surface area contributed by atoms with Crippen molar-refractivity contribution in [1.82, 2.24) is 10.2 Å². The molecule has 22 heavy (non-hydrogen) atoms. The number of amides is 2. The van der Waals surface area contributed by atoms with E-state index in [1.54, 1.807) is 24.3 Å². The Morgan fingerprint density at radius 3 is 2.50 bits per heavy atom. The number of nitrogens with zero attached hydrogens (tertiary/aromatic N) is 1. The third-order valence-electron chi connectivity index (χ3n) is 3.78. The second-order valence-corrected chi connectivity index (χ2v) is 6.15. The van der Waals surface area contributed by atoms with Gasteiger partial charge in [0.05, 0.1) is 0 Å². The van der Waals surface area contributed by atoms with E-state index in [9.17, 15) is 9.59 Å². The van der Waals surface area contributed by atoms with Crippen LogP contribution in [0.2, 0.25) is 0 Å². The Morgan fingerprint density at radius 1 is 1.23 bits per heavy atom. The Bertz CT molecular complexity index is 534. The Labute approximate surface area is 132 Å². The van der Waals surface area contributed by atoms with Crippen molar-refractivity contribution in [3.8, 4) is 0 Å². The number of likely N-dealkylation sites (tertiary alicyclic amines) is 1. The van der Waals surface area contributed by atoms with Gasteiger partial charge >= 0.3 is 0 Å². The van der Waals surface area contributed by atoms with Gasteiger partial charge in [-0.1, -0.05) is 19.9 Å². The Hall–Kier alpha value is -1.88. The second kappa shape index (κ2) is 7.40. The molecule has 0 aromatic heterocycles. The number of anilines is 1. The van der Waals surface area contributed by atoms with Crippen molar-refractivity contribution in [2.75, 3.05) is 18.4 Å². The highest BCUT2D eigenvalue weighted by Crippen LogP contribution is 2.17. The van der Waals surface area contributed by atoms with Gasteiger partial charge in [-0.15, -0.1) is 0 Å². The number of piperidine rings is 1. The smallest absolute Gasteiger partial charge is 0.253 e. The summed E-state index contributed by atoms with van der Waals surface area (Å²) in [5.74, 6) is -0.0969. The summed E-state index contributed by atoms with van der Waals surface area (Å²) < 4.78 is 0. The van der Waals surface area contributed by atoms with Crippen LogP contribution < -0.4 is 10.6 Å². The maximum absolute atomic E-state index is 12.6. The predicted molar refractivity (Wildman–Crippen MR) is 87.9 cm³/mol. The topological polar surface area (TPSA) is 61.4 Å². The molecule has 1 aliphatic heterocycles. The first-order valence-corrected chi connectivity index (χ1v) is 7.88. The minimum absolute atomic E-state index is 0.0372. The van der Waals surface area contributed by atoms with E-state index in [-0.39, 0.29) is 11.8 Å². The lowest BCUT2D eigenvalue weighted by molar-refractivity contribution is -0.114. The highest BCUT2D eigenvalue weighted by Gasteiger charge is 2.23. The van der Waals surface area contributed by atoms with Gasteiger partial charge in [0.2, 0.25) is 5.91 Å². The summed E-state index contributed by atoms with van der Waals surface area (Å²) in [5, 5.41) is 6.24. The van der Waals surface area contributed by atoms with Crippen LogP contribution in [0.1, 0.15) is 44.0 Å². The number of rotatable bonds is 4. The Balaban J connectivity index is 1.96. The molecule has 1 aromatic carbocycles. The van der Waals surface area contributed by atoms with E-state index in [4.69, 9.17) is 0 Å². The molecule has 1 aliphatic rings.